The summed E-state index contributed by atoms with van der Waals surface area (Å²) in [7, 11) is 0. The molecule has 0 aromatic rings. The van der Waals surface area contributed by atoms with Crippen LogP contribution in [-0.2, 0) is 4.74 Å². The van der Waals surface area contributed by atoms with Crippen LogP contribution in [0.3, 0.4) is 0 Å². The predicted molar refractivity (Wildman–Crippen MR) is 63.9 cm³/mol. The lowest BCUT2D eigenvalue weighted by Gasteiger charge is -2.24. The van der Waals surface area contributed by atoms with E-state index < -0.39 is 0 Å². The molecule has 1 heterocycles. The molecule has 1 fully saturated rings. The summed E-state index contributed by atoms with van der Waals surface area (Å²) in [5, 5.41) is 0. The van der Waals surface area contributed by atoms with Gasteiger partial charge in [-0.15, -0.1) is 0 Å². The number of ether oxygens (including phenoxy) is 1. The third-order valence-corrected chi connectivity index (χ3v) is 3.21. The third-order valence-electron chi connectivity index (χ3n) is 3.21. The van der Waals surface area contributed by atoms with E-state index in [0.29, 0.717) is 12.0 Å². The summed E-state index contributed by atoms with van der Waals surface area (Å²) in [5.41, 5.74) is 5.64. The first kappa shape index (κ1) is 12.9. The fraction of sp³-hybridized carbons (Fsp3) is 1.00. The second kappa shape index (κ2) is 7.20. The molecular formula is C12H26N2O. The summed E-state index contributed by atoms with van der Waals surface area (Å²) in [6, 6.07) is 0. The van der Waals surface area contributed by atoms with Gasteiger partial charge in [-0.1, -0.05) is 13.8 Å². The third kappa shape index (κ3) is 4.96. The molecule has 15 heavy (non-hydrogen) atoms. The highest BCUT2D eigenvalue weighted by atomic mass is 16.5. The van der Waals surface area contributed by atoms with E-state index in [1.54, 1.807) is 0 Å². The van der Waals surface area contributed by atoms with Gasteiger partial charge in [-0.2, -0.15) is 0 Å². The van der Waals surface area contributed by atoms with Gasteiger partial charge in [-0.05, 0) is 38.3 Å². The smallest absolute Gasteiger partial charge is 0.0588 e. The van der Waals surface area contributed by atoms with Crippen molar-refractivity contribution in [3.63, 3.8) is 0 Å². The van der Waals surface area contributed by atoms with E-state index >= 15 is 0 Å². The minimum atomic E-state index is 0.521. The fourth-order valence-corrected chi connectivity index (χ4v) is 2.09. The topological polar surface area (TPSA) is 38.5 Å². The molecule has 0 amide bonds. The molecule has 1 aliphatic heterocycles. The Morgan fingerprint density at radius 3 is 2.87 bits per heavy atom. The molecule has 0 saturated carbocycles. The van der Waals surface area contributed by atoms with Crippen LogP contribution in [0, 0.1) is 5.92 Å². The highest BCUT2D eigenvalue weighted by Gasteiger charge is 2.16. The van der Waals surface area contributed by atoms with Gasteiger partial charge in [0.15, 0.2) is 0 Å². The van der Waals surface area contributed by atoms with Crippen LogP contribution in [0.25, 0.3) is 0 Å². The number of nitrogens with zero attached hydrogens (tertiary/aromatic N) is 1. The van der Waals surface area contributed by atoms with E-state index in [-0.39, 0.29) is 0 Å². The molecule has 0 bridgehead atoms. The molecule has 2 atom stereocenters. The lowest BCUT2D eigenvalue weighted by atomic mass is 10.1. The monoisotopic (exact) mass is 214 g/mol. The molecule has 0 aromatic carbocycles. The van der Waals surface area contributed by atoms with Gasteiger partial charge in [0.25, 0.3) is 0 Å². The van der Waals surface area contributed by atoms with Crippen LogP contribution in [0.1, 0.15) is 33.1 Å². The minimum absolute atomic E-state index is 0.521. The van der Waals surface area contributed by atoms with Crippen molar-refractivity contribution in [2.45, 2.75) is 39.2 Å². The minimum Gasteiger partial charge on any atom is -0.378 e. The van der Waals surface area contributed by atoms with Crippen LogP contribution in [0.15, 0.2) is 0 Å². The molecule has 0 aliphatic carbocycles. The Labute approximate surface area is 94.0 Å². The maximum atomic E-state index is 5.64. The highest BCUT2D eigenvalue weighted by molar-refractivity contribution is 4.69. The first-order chi connectivity index (χ1) is 7.26. The average Bonchev–Trinajstić information content (AvgIpc) is 2.76. The van der Waals surface area contributed by atoms with Gasteiger partial charge >= 0.3 is 0 Å². The Morgan fingerprint density at radius 1 is 1.53 bits per heavy atom. The summed E-state index contributed by atoms with van der Waals surface area (Å²) in [6.45, 7) is 9.60. The summed E-state index contributed by atoms with van der Waals surface area (Å²) < 4.78 is 5.63. The van der Waals surface area contributed by atoms with E-state index in [1.165, 1.54) is 19.3 Å². The number of hydrogen-bond donors (Lipinski definition) is 1. The van der Waals surface area contributed by atoms with E-state index in [2.05, 4.69) is 18.7 Å². The normalized spacial score (nSPS) is 23.6. The molecule has 0 radical (unpaired) electrons. The van der Waals surface area contributed by atoms with Gasteiger partial charge in [-0.25, -0.2) is 0 Å². The molecule has 3 nitrogen and oxygen atoms in total. The first-order valence-corrected chi connectivity index (χ1v) is 6.30. The van der Waals surface area contributed by atoms with Crippen molar-refractivity contribution >= 4 is 0 Å². The quantitative estimate of drug-likeness (QED) is 0.697. The van der Waals surface area contributed by atoms with Gasteiger partial charge in [0.1, 0.15) is 0 Å². The van der Waals surface area contributed by atoms with Crippen LogP contribution in [0.4, 0.5) is 0 Å². The van der Waals surface area contributed by atoms with Crippen molar-refractivity contribution < 1.29 is 4.74 Å². The summed E-state index contributed by atoms with van der Waals surface area (Å²) >= 11 is 0. The van der Waals surface area contributed by atoms with Crippen LogP contribution in [-0.4, -0.2) is 43.8 Å². The van der Waals surface area contributed by atoms with E-state index in [9.17, 15) is 0 Å². The van der Waals surface area contributed by atoms with Crippen molar-refractivity contribution in [2.24, 2.45) is 11.7 Å². The summed E-state index contributed by atoms with van der Waals surface area (Å²) in [4.78, 5) is 2.49. The maximum absolute atomic E-state index is 5.64. The molecule has 0 spiro atoms. The van der Waals surface area contributed by atoms with Gasteiger partial charge in [0.2, 0.25) is 0 Å². The van der Waals surface area contributed by atoms with Gasteiger partial charge < -0.3 is 15.4 Å². The van der Waals surface area contributed by atoms with E-state index in [4.69, 9.17) is 10.5 Å². The molecule has 1 aliphatic rings. The molecule has 1 saturated heterocycles. The molecule has 0 aromatic heterocycles. The number of hydrogen-bond acceptors (Lipinski definition) is 3. The average molecular weight is 214 g/mol. The Bertz CT molecular complexity index is 158. The second-order valence-electron chi connectivity index (χ2n) is 4.66. The lowest BCUT2D eigenvalue weighted by molar-refractivity contribution is 0.0908. The van der Waals surface area contributed by atoms with Crippen LogP contribution in [0.5, 0.6) is 0 Å². The molecule has 2 N–H and O–H groups in total. The fourth-order valence-electron chi connectivity index (χ4n) is 2.09. The van der Waals surface area contributed by atoms with Gasteiger partial charge in [0, 0.05) is 19.7 Å². The molecule has 90 valence electrons. The zero-order valence-corrected chi connectivity index (χ0v) is 10.2. The van der Waals surface area contributed by atoms with Crippen molar-refractivity contribution in [1.29, 1.82) is 0 Å². The molecular weight excluding hydrogens is 188 g/mol. The van der Waals surface area contributed by atoms with Crippen molar-refractivity contribution in [3.8, 4) is 0 Å². The van der Waals surface area contributed by atoms with E-state index in [0.717, 1.165) is 32.8 Å². The van der Waals surface area contributed by atoms with Gasteiger partial charge in [0.05, 0.1) is 6.10 Å². The lowest BCUT2D eigenvalue weighted by Crippen LogP contribution is -2.33. The number of nitrogens with two attached hydrogens (primary N) is 1. The van der Waals surface area contributed by atoms with Crippen LogP contribution < -0.4 is 5.73 Å². The molecule has 2 unspecified atom stereocenters. The number of rotatable bonds is 7. The van der Waals surface area contributed by atoms with Gasteiger partial charge in [-0.3, -0.25) is 0 Å². The summed E-state index contributed by atoms with van der Waals surface area (Å²) in [6.07, 6.45) is 4.21. The van der Waals surface area contributed by atoms with Crippen LogP contribution in [0.2, 0.25) is 0 Å². The Hall–Kier alpha value is -0.120. The van der Waals surface area contributed by atoms with Crippen molar-refractivity contribution in [3.05, 3.63) is 0 Å². The zero-order valence-electron chi connectivity index (χ0n) is 10.2. The standard InChI is InChI=1S/C12H26N2O/c1-3-14(10-11(2)9-13)7-6-12-5-4-8-15-12/h11-12H,3-10,13H2,1-2H3. The summed E-state index contributed by atoms with van der Waals surface area (Å²) in [5.74, 6) is 0.606. The molecule has 3 heteroatoms. The maximum Gasteiger partial charge on any atom is 0.0588 e. The largest absolute Gasteiger partial charge is 0.378 e. The highest BCUT2D eigenvalue weighted by Crippen LogP contribution is 2.15. The Kier molecular flexibility index (Phi) is 6.22. The molecule has 1 rings (SSSR count). The first-order valence-electron chi connectivity index (χ1n) is 6.30. The van der Waals surface area contributed by atoms with Crippen molar-refractivity contribution in [1.82, 2.24) is 4.90 Å². The predicted octanol–water partition coefficient (Wildman–Crippen LogP) is 1.47. The Balaban J connectivity index is 2.14. The van der Waals surface area contributed by atoms with Crippen LogP contribution >= 0.6 is 0 Å². The Morgan fingerprint density at radius 2 is 2.33 bits per heavy atom. The SMILES string of the molecule is CCN(CCC1CCCO1)CC(C)CN. The van der Waals surface area contributed by atoms with E-state index in [1.807, 2.05) is 0 Å². The second-order valence-corrected chi connectivity index (χ2v) is 4.66. The zero-order chi connectivity index (χ0) is 11.1. The van der Waals surface area contributed by atoms with Crippen molar-refractivity contribution in [2.75, 3.05) is 32.8 Å².